The Hall–Kier alpha value is -2.12. The number of hydrogen-bond donors (Lipinski definition) is 1. The lowest BCUT2D eigenvalue weighted by molar-refractivity contribution is 0.322. The van der Waals surface area contributed by atoms with Crippen molar-refractivity contribution in [2.45, 2.75) is 4.90 Å². The van der Waals surface area contributed by atoms with Crippen LogP contribution in [0.5, 0.6) is 11.5 Å². The highest BCUT2D eigenvalue weighted by atomic mass is 32.2. The first kappa shape index (κ1) is 16.3. The van der Waals surface area contributed by atoms with Gasteiger partial charge in [-0.2, -0.15) is 0 Å². The van der Waals surface area contributed by atoms with Gasteiger partial charge in [-0.05, 0) is 48.5 Å². The maximum atomic E-state index is 12.7. The molecule has 0 saturated carbocycles. The molecule has 0 spiro atoms. The van der Waals surface area contributed by atoms with Crippen LogP contribution in [0.3, 0.4) is 0 Å². The number of rotatable bonds is 7. The Morgan fingerprint density at radius 2 is 1.59 bits per heavy atom. The first-order valence-corrected chi connectivity index (χ1v) is 8.02. The third kappa shape index (κ3) is 4.44. The smallest absolute Gasteiger partial charge is 0.240 e. The van der Waals surface area contributed by atoms with Gasteiger partial charge in [0.05, 0.1) is 12.0 Å². The van der Waals surface area contributed by atoms with E-state index in [0.717, 1.165) is 0 Å². The first-order valence-electron chi connectivity index (χ1n) is 6.53. The Bertz CT molecular complexity index is 699. The predicted octanol–water partition coefficient (Wildman–Crippen LogP) is 2.19. The van der Waals surface area contributed by atoms with Gasteiger partial charge in [0.25, 0.3) is 0 Å². The summed E-state index contributed by atoms with van der Waals surface area (Å²) in [5, 5.41) is 0. The van der Waals surface area contributed by atoms with Crippen LogP contribution in [0.2, 0.25) is 0 Å². The third-order valence-electron chi connectivity index (χ3n) is 2.85. The second kappa shape index (κ2) is 7.24. The monoisotopic (exact) mass is 325 g/mol. The third-order valence-corrected chi connectivity index (χ3v) is 4.32. The van der Waals surface area contributed by atoms with Crippen molar-refractivity contribution in [1.82, 2.24) is 4.72 Å². The van der Waals surface area contributed by atoms with Gasteiger partial charge in [0.2, 0.25) is 10.0 Å². The maximum Gasteiger partial charge on any atom is 0.240 e. The molecule has 0 aliphatic carbocycles. The summed E-state index contributed by atoms with van der Waals surface area (Å²) in [5.41, 5.74) is 0. The molecule has 0 bridgehead atoms. The number of sulfonamides is 1. The molecule has 2 aromatic rings. The quantitative estimate of drug-likeness (QED) is 0.793. The molecule has 2 rings (SSSR count). The second-order valence-corrected chi connectivity index (χ2v) is 6.14. The van der Waals surface area contributed by atoms with Gasteiger partial charge in [-0.15, -0.1) is 0 Å². The molecule has 0 fully saturated rings. The zero-order valence-electron chi connectivity index (χ0n) is 12.0. The van der Waals surface area contributed by atoms with Crippen molar-refractivity contribution >= 4 is 10.0 Å². The Morgan fingerprint density at radius 1 is 1.00 bits per heavy atom. The SMILES string of the molecule is COc1ccc(S(=O)(=O)NCCOc2ccc(F)cc2)cc1. The Labute approximate surface area is 128 Å². The van der Waals surface area contributed by atoms with Crippen molar-refractivity contribution in [3.05, 3.63) is 54.3 Å². The fraction of sp³-hybridized carbons (Fsp3) is 0.200. The van der Waals surface area contributed by atoms with Crippen molar-refractivity contribution in [2.24, 2.45) is 0 Å². The Balaban J connectivity index is 1.85. The minimum Gasteiger partial charge on any atom is -0.497 e. The van der Waals surface area contributed by atoms with E-state index < -0.39 is 10.0 Å². The number of ether oxygens (including phenoxy) is 2. The molecular weight excluding hydrogens is 309 g/mol. The zero-order chi connectivity index (χ0) is 16.0. The normalized spacial score (nSPS) is 11.2. The zero-order valence-corrected chi connectivity index (χ0v) is 12.8. The van der Waals surface area contributed by atoms with E-state index in [1.165, 1.54) is 43.5 Å². The minimum atomic E-state index is -3.59. The van der Waals surface area contributed by atoms with Crippen LogP contribution in [-0.4, -0.2) is 28.7 Å². The van der Waals surface area contributed by atoms with Crippen molar-refractivity contribution in [3.8, 4) is 11.5 Å². The van der Waals surface area contributed by atoms with Gasteiger partial charge in [0.1, 0.15) is 23.9 Å². The van der Waals surface area contributed by atoms with Crippen LogP contribution < -0.4 is 14.2 Å². The number of benzene rings is 2. The van der Waals surface area contributed by atoms with Crippen LogP contribution in [0.25, 0.3) is 0 Å². The van der Waals surface area contributed by atoms with E-state index in [-0.39, 0.29) is 23.9 Å². The minimum absolute atomic E-state index is 0.103. The fourth-order valence-corrected chi connectivity index (χ4v) is 2.73. The van der Waals surface area contributed by atoms with Crippen LogP contribution >= 0.6 is 0 Å². The largest absolute Gasteiger partial charge is 0.497 e. The molecular formula is C15H16FNO4S. The summed E-state index contributed by atoms with van der Waals surface area (Å²) in [7, 11) is -2.08. The van der Waals surface area contributed by atoms with E-state index in [1.807, 2.05) is 0 Å². The van der Waals surface area contributed by atoms with Gasteiger partial charge in [-0.25, -0.2) is 17.5 Å². The average molecular weight is 325 g/mol. The van der Waals surface area contributed by atoms with E-state index in [1.54, 1.807) is 12.1 Å². The molecule has 0 saturated heterocycles. The number of hydrogen-bond acceptors (Lipinski definition) is 4. The number of halogens is 1. The fourth-order valence-electron chi connectivity index (χ4n) is 1.71. The second-order valence-electron chi connectivity index (χ2n) is 4.38. The van der Waals surface area contributed by atoms with E-state index in [4.69, 9.17) is 9.47 Å². The van der Waals surface area contributed by atoms with Crippen molar-refractivity contribution in [3.63, 3.8) is 0 Å². The maximum absolute atomic E-state index is 12.7. The molecule has 7 heteroatoms. The number of methoxy groups -OCH3 is 1. The molecule has 118 valence electrons. The van der Waals surface area contributed by atoms with Gasteiger partial charge in [0.15, 0.2) is 0 Å². The van der Waals surface area contributed by atoms with Crippen LogP contribution in [0.15, 0.2) is 53.4 Å². The molecule has 0 aromatic heterocycles. The molecule has 0 atom stereocenters. The molecule has 22 heavy (non-hydrogen) atoms. The highest BCUT2D eigenvalue weighted by Crippen LogP contribution is 2.15. The molecule has 0 aliphatic rings. The summed E-state index contributed by atoms with van der Waals surface area (Å²) in [6, 6.07) is 11.6. The van der Waals surface area contributed by atoms with Crippen LogP contribution in [0.1, 0.15) is 0 Å². The average Bonchev–Trinajstić information content (AvgIpc) is 2.53. The molecule has 1 N–H and O–H groups in total. The molecule has 0 aliphatic heterocycles. The van der Waals surface area contributed by atoms with E-state index in [0.29, 0.717) is 11.5 Å². The lowest BCUT2D eigenvalue weighted by Gasteiger charge is -2.09. The van der Waals surface area contributed by atoms with E-state index in [2.05, 4.69) is 4.72 Å². The predicted molar refractivity (Wildman–Crippen MR) is 80.1 cm³/mol. The molecule has 2 aromatic carbocycles. The standard InChI is InChI=1S/C15H16FNO4S/c1-20-13-6-8-15(9-7-13)22(18,19)17-10-11-21-14-4-2-12(16)3-5-14/h2-9,17H,10-11H2,1H3. The Morgan fingerprint density at radius 3 is 2.18 bits per heavy atom. The highest BCUT2D eigenvalue weighted by molar-refractivity contribution is 7.89. The topological polar surface area (TPSA) is 64.6 Å². The summed E-state index contributed by atoms with van der Waals surface area (Å²) >= 11 is 0. The summed E-state index contributed by atoms with van der Waals surface area (Å²) in [6.07, 6.45) is 0. The van der Waals surface area contributed by atoms with Gasteiger partial charge in [-0.3, -0.25) is 0 Å². The molecule has 0 unspecified atom stereocenters. The van der Waals surface area contributed by atoms with Crippen LogP contribution in [0, 0.1) is 5.82 Å². The van der Waals surface area contributed by atoms with Gasteiger partial charge >= 0.3 is 0 Å². The van der Waals surface area contributed by atoms with Gasteiger partial charge < -0.3 is 9.47 Å². The van der Waals surface area contributed by atoms with Gasteiger partial charge in [0, 0.05) is 6.54 Å². The highest BCUT2D eigenvalue weighted by Gasteiger charge is 2.13. The van der Waals surface area contributed by atoms with Crippen molar-refractivity contribution < 1.29 is 22.3 Å². The summed E-state index contributed by atoms with van der Waals surface area (Å²) < 4.78 is 49.5. The lowest BCUT2D eigenvalue weighted by Crippen LogP contribution is -2.28. The molecule has 5 nitrogen and oxygen atoms in total. The van der Waals surface area contributed by atoms with E-state index in [9.17, 15) is 12.8 Å². The van der Waals surface area contributed by atoms with Crippen LogP contribution in [0.4, 0.5) is 4.39 Å². The summed E-state index contributed by atoms with van der Waals surface area (Å²) in [4.78, 5) is 0.148. The van der Waals surface area contributed by atoms with Crippen molar-refractivity contribution in [1.29, 1.82) is 0 Å². The first-order chi connectivity index (χ1) is 10.5. The van der Waals surface area contributed by atoms with Gasteiger partial charge in [-0.1, -0.05) is 0 Å². The molecule has 0 heterocycles. The summed E-state index contributed by atoms with van der Waals surface area (Å²) in [6.45, 7) is 0.243. The Kier molecular flexibility index (Phi) is 5.35. The lowest BCUT2D eigenvalue weighted by atomic mass is 10.3. The number of nitrogens with one attached hydrogen (secondary N) is 1. The van der Waals surface area contributed by atoms with Crippen molar-refractivity contribution in [2.75, 3.05) is 20.3 Å². The summed E-state index contributed by atoms with van der Waals surface area (Å²) in [5.74, 6) is 0.705. The molecule has 0 amide bonds. The van der Waals surface area contributed by atoms with Crippen LogP contribution in [-0.2, 0) is 10.0 Å². The van der Waals surface area contributed by atoms with E-state index >= 15 is 0 Å². The molecule has 0 radical (unpaired) electrons.